The van der Waals surface area contributed by atoms with Gasteiger partial charge < -0.3 is 15.6 Å². The van der Waals surface area contributed by atoms with E-state index in [4.69, 9.17) is 22.4 Å². The molecular formula is C25H30ClFN4. The van der Waals surface area contributed by atoms with Gasteiger partial charge in [0.05, 0.1) is 10.7 Å². The fourth-order valence-electron chi connectivity index (χ4n) is 6.33. The van der Waals surface area contributed by atoms with Crippen molar-refractivity contribution in [2.45, 2.75) is 31.7 Å². The average molecular weight is 441 g/mol. The molecule has 3 aliphatic carbocycles. The number of fused-ring (bicyclic) bond motifs is 3. The summed E-state index contributed by atoms with van der Waals surface area (Å²) < 4.78 is 13.4. The molecule has 3 N–H and O–H groups in total. The third kappa shape index (κ3) is 4.49. The molecule has 4 nitrogen and oxygen atoms in total. The maximum atomic E-state index is 13.4. The van der Waals surface area contributed by atoms with Crippen molar-refractivity contribution < 1.29 is 4.39 Å². The number of rotatable bonds is 6. The van der Waals surface area contributed by atoms with E-state index in [-0.39, 0.29) is 5.71 Å². The van der Waals surface area contributed by atoms with Gasteiger partial charge in [0.25, 0.3) is 0 Å². The monoisotopic (exact) mass is 440 g/mol. The van der Waals surface area contributed by atoms with Crippen LogP contribution in [0.2, 0.25) is 5.02 Å². The molecule has 3 fully saturated rings. The minimum atomic E-state index is -0.422. The highest BCUT2D eigenvalue weighted by Crippen LogP contribution is 2.45. The van der Waals surface area contributed by atoms with E-state index in [2.05, 4.69) is 22.4 Å². The van der Waals surface area contributed by atoms with Crippen LogP contribution in [0.25, 0.3) is 0 Å². The quantitative estimate of drug-likeness (QED) is 0.335. The number of amidine groups is 1. The molecule has 0 aromatic heterocycles. The minimum absolute atomic E-state index is 0.102. The number of nitrogens with one attached hydrogen (secondary N) is 3. The number of hydrogen-bond donors (Lipinski definition) is 3. The lowest BCUT2D eigenvalue weighted by molar-refractivity contribution is 0.237. The van der Waals surface area contributed by atoms with Crippen LogP contribution in [-0.2, 0) is 0 Å². The Hall–Kier alpha value is -1.98. The average Bonchev–Trinajstić information content (AvgIpc) is 3.49. The Labute approximate surface area is 188 Å². The van der Waals surface area contributed by atoms with E-state index in [9.17, 15) is 4.39 Å². The second-order valence-electron chi connectivity index (χ2n) is 9.88. The summed E-state index contributed by atoms with van der Waals surface area (Å²) in [5, 5.41) is 20.0. The Morgan fingerprint density at radius 3 is 2.55 bits per heavy atom. The van der Waals surface area contributed by atoms with Gasteiger partial charge in [0.2, 0.25) is 0 Å². The molecule has 5 rings (SSSR count). The first-order valence-electron chi connectivity index (χ1n) is 11.4. The van der Waals surface area contributed by atoms with Gasteiger partial charge in [-0.15, -0.1) is 0 Å². The van der Waals surface area contributed by atoms with Gasteiger partial charge >= 0.3 is 0 Å². The van der Waals surface area contributed by atoms with Crippen LogP contribution in [0.3, 0.4) is 0 Å². The van der Waals surface area contributed by atoms with Crippen LogP contribution in [0.15, 0.2) is 42.5 Å². The van der Waals surface area contributed by atoms with Crippen molar-refractivity contribution in [2.75, 3.05) is 19.6 Å². The van der Waals surface area contributed by atoms with Gasteiger partial charge in [0.1, 0.15) is 11.7 Å². The van der Waals surface area contributed by atoms with Gasteiger partial charge in [-0.25, -0.2) is 4.39 Å². The van der Waals surface area contributed by atoms with E-state index in [1.807, 2.05) is 0 Å². The van der Waals surface area contributed by atoms with E-state index in [0.29, 0.717) is 22.5 Å². The van der Waals surface area contributed by atoms with Crippen LogP contribution in [0.1, 0.15) is 31.2 Å². The number of benzene rings is 1. The minimum Gasteiger partial charge on any atom is -0.368 e. The summed E-state index contributed by atoms with van der Waals surface area (Å²) in [5.41, 5.74) is 0.442. The summed E-state index contributed by atoms with van der Waals surface area (Å²) >= 11 is 6.06. The Morgan fingerprint density at radius 2 is 1.87 bits per heavy atom. The van der Waals surface area contributed by atoms with E-state index in [1.165, 1.54) is 56.8 Å². The van der Waals surface area contributed by atoms with Crippen LogP contribution < -0.4 is 5.32 Å². The molecule has 2 saturated carbocycles. The lowest BCUT2D eigenvalue weighted by Crippen LogP contribution is -2.35. The molecule has 1 aliphatic heterocycles. The second-order valence-corrected chi connectivity index (χ2v) is 10.3. The van der Waals surface area contributed by atoms with Gasteiger partial charge in [-0.1, -0.05) is 23.8 Å². The topological polar surface area (TPSA) is 63.0 Å². The highest BCUT2D eigenvalue weighted by Gasteiger charge is 2.43. The molecule has 6 atom stereocenters. The van der Waals surface area contributed by atoms with Crippen LogP contribution >= 0.6 is 11.6 Å². The van der Waals surface area contributed by atoms with Crippen molar-refractivity contribution in [1.29, 1.82) is 10.8 Å². The molecule has 2 bridgehead atoms. The van der Waals surface area contributed by atoms with Crippen molar-refractivity contribution in [3.05, 3.63) is 58.9 Å². The SMILES string of the molecule is N=C(/C=C\C(=N)c1cc(F)ccc1Cl)N[C@H]1CC2CN(CC3CC4C=CC3C4)C[C@@H]2C1. The normalized spacial score (nSPS) is 34.0. The first-order valence-corrected chi connectivity index (χ1v) is 11.8. The summed E-state index contributed by atoms with van der Waals surface area (Å²) in [4.78, 5) is 2.69. The van der Waals surface area contributed by atoms with Crippen molar-refractivity contribution in [3.8, 4) is 0 Å². The van der Waals surface area contributed by atoms with Crippen molar-refractivity contribution in [3.63, 3.8) is 0 Å². The van der Waals surface area contributed by atoms with E-state index in [1.54, 1.807) is 6.08 Å². The number of halogens is 2. The Kier molecular flexibility index (Phi) is 5.74. The zero-order valence-corrected chi connectivity index (χ0v) is 18.4. The molecule has 1 aromatic carbocycles. The van der Waals surface area contributed by atoms with Crippen molar-refractivity contribution in [2.24, 2.45) is 29.6 Å². The zero-order chi connectivity index (χ0) is 21.5. The van der Waals surface area contributed by atoms with Crippen LogP contribution in [0.5, 0.6) is 0 Å². The lowest BCUT2D eigenvalue weighted by atomic mass is 9.93. The molecule has 1 heterocycles. The predicted molar refractivity (Wildman–Crippen MR) is 124 cm³/mol. The van der Waals surface area contributed by atoms with Gasteiger partial charge in [0, 0.05) is 31.2 Å². The maximum absolute atomic E-state index is 13.4. The van der Waals surface area contributed by atoms with Gasteiger partial charge in [0.15, 0.2) is 0 Å². The molecule has 0 spiro atoms. The van der Waals surface area contributed by atoms with Gasteiger partial charge in [-0.3, -0.25) is 5.41 Å². The predicted octanol–water partition coefficient (Wildman–Crippen LogP) is 4.89. The van der Waals surface area contributed by atoms with Gasteiger partial charge in [-0.2, -0.15) is 0 Å². The summed E-state index contributed by atoms with van der Waals surface area (Å²) in [6, 6.07) is 4.31. The third-order valence-corrected chi connectivity index (χ3v) is 8.06. The zero-order valence-electron chi connectivity index (χ0n) is 17.7. The van der Waals surface area contributed by atoms with E-state index >= 15 is 0 Å². The first kappa shape index (κ1) is 20.9. The first-order chi connectivity index (χ1) is 14.9. The molecule has 4 unspecified atom stereocenters. The molecule has 1 aromatic rings. The fourth-order valence-corrected chi connectivity index (χ4v) is 6.55. The molecule has 31 heavy (non-hydrogen) atoms. The standard InChI is InChI=1S/C25H30ClFN4/c26-23-4-3-20(27)11-22(23)24(28)5-6-25(29)30-21-9-18-13-31(14-19(18)10-21)12-17-8-15-1-2-16(17)7-15/h1-6,11,15-19,21,28H,7-10,12-14H2,(H2,29,30)/b6-5-,28-24?/t15?,16?,17?,18-,19?,21+/m0/s1. The largest absolute Gasteiger partial charge is 0.368 e. The van der Waals surface area contributed by atoms with Crippen LogP contribution in [-0.4, -0.2) is 42.1 Å². The van der Waals surface area contributed by atoms with Gasteiger partial charge in [-0.05, 0) is 85.6 Å². The molecule has 1 saturated heterocycles. The molecule has 0 amide bonds. The highest BCUT2D eigenvalue weighted by atomic mass is 35.5. The fraction of sp³-hybridized carbons (Fsp3) is 0.520. The van der Waals surface area contributed by atoms with E-state index < -0.39 is 5.82 Å². The number of allylic oxidation sites excluding steroid dienone is 3. The maximum Gasteiger partial charge on any atom is 0.123 e. The Morgan fingerprint density at radius 1 is 1.10 bits per heavy atom. The summed E-state index contributed by atoms with van der Waals surface area (Å²) in [7, 11) is 0. The molecule has 164 valence electrons. The molecule has 0 radical (unpaired) electrons. The Bertz CT molecular complexity index is 927. The summed E-state index contributed by atoms with van der Waals surface area (Å²) in [6.07, 6.45) is 13.0. The second kappa shape index (κ2) is 8.51. The van der Waals surface area contributed by atoms with E-state index in [0.717, 1.165) is 42.4 Å². The molecule has 6 heteroatoms. The van der Waals surface area contributed by atoms with Crippen molar-refractivity contribution >= 4 is 23.1 Å². The number of hydrogen-bond acceptors (Lipinski definition) is 3. The van der Waals surface area contributed by atoms with Crippen LogP contribution in [0, 0.1) is 46.2 Å². The number of likely N-dealkylation sites (tertiary alicyclic amines) is 1. The summed E-state index contributed by atoms with van der Waals surface area (Å²) in [5.74, 6) is 3.88. The highest BCUT2D eigenvalue weighted by molar-refractivity contribution is 6.34. The lowest BCUT2D eigenvalue weighted by Gasteiger charge is -2.26. The third-order valence-electron chi connectivity index (χ3n) is 7.73. The molecule has 4 aliphatic rings. The molecular weight excluding hydrogens is 411 g/mol. The smallest absolute Gasteiger partial charge is 0.123 e. The Balaban J connectivity index is 1.08. The number of nitrogens with zero attached hydrogens (tertiary/aromatic N) is 1. The summed E-state index contributed by atoms with van der Waals surface area (Å²) in [6.45, 7) is 3.67. The van der Waals surface area contributed by atoms with Crippen molar-refractivity contribution in [1.82, 2.24) is 10.2 Å². The van der Waals surface area contributed by atoms with Crippen LogP contribution in [0.4, 0.5) is 4.39 Å².